The fourth-order valence-corrected chi connectivity index (χ4v) is 2.62. The first-order valence-corrected chi connectivity index (χ1v) is 7.63. The van der Waals surface area contributed by atoms with E-state index in [1.807, 2.05) is 25.1 Å². The summed E-state index contributed by atoms with van der Waals surface area (Å²) in [6.45, 7) is 2.67. The highest BCUT2D eigenvalue weighted by Gasteiger charge is 2.12. The zero-order valence-electron chi connectivity index (χ0n) is 12.5. The SMILES string of the molecule is CCn1c(=O)oc2ccc(C(=O)NCc3ccccc3Cl)cc21. The number of oxazole rings is 1. The maximum atomic E-state index is 12.3. The molecule has 5 nitrogen and oxygen atoms in total. The van der Waals surface area contributed by atoms with E-state index in [0.717, 1.165) is 5.56 Å². The Bertz CT molecular complexity index is 927. The average Bonchev–Trinajstić information content (AvgIpc) is 2.87. The van der Waals surface area contributed by atoms with Gasteiger partial charge >= 0.3 is 5.76 Å². The van der Waals surface area contributed by atoms with Crippen molar-refractivity contribution in [3.05, 3.63) is 69.2 Å². The molecule has 0 saturated carbocycles. The van der Waals surface area contributed by atoms with Crippen LogP contribution >= 0.6 is 11.6 Å². The number of aromatic nitrogens is 1. The summed E-state index contributed by atoms with van der Waals surface area (Å²) >= 11 is 6.07. The molecular weight excluding hydrogens is 316 g/mol. The van der Waals surface area contributed by atoms with Crippen LogP contribution in [0.5, 0.6) is 0 Å². The topological polar surface area (TPSA) is 64.2 Å². The van der Waals surface area contributed by atoms with Crippen LogP contribution in [0.3, 0.4) is 0 Å². The molecule has 2 aromatic carbocycles. The number of fused-ring (bicyclic) bond motifs is 1. The highest BCUT2D eigenvalue weighted by molar-refractivity contribution is 6.31. The molecule has 0 bridgehead atoms. The summed E-state index contributed by atoms with van der Waals surface area (Å²) in [5, 5.41) is 3.43. The van der Waals surface area contributed by atoms with E-state index in [9.17, 15) is 9.59 Å². The number of carbonyl (C=O) groups excluding carboxylic acids is 1. The zero-order chi connectivity index (χ0) is 16.4. The summed E-state index contributed by atoms with van der Waals surface area (Å²) < 4.78 is 6.61. The van der Waals surface area contributed by atoms with E-state index in [-0.39, 0.29) is 5.91 Å². The number of hydrogen-bond acceptors (Lipinski definition) is 3. The van der Waals surface area contributed by atoms with Gasteiger partial charge in [0.2, 0.25) is 0 Å². The standard InChI is InChI=1S/C17H15ClN2O3/c1-2-20-14-9-11(7-8-15(14)23-17(20)22)16(21)19-10-12-5-3-4-6-13(12)18/h3-9H,2,10H2,1H3,(H,19,21). The molecule has 1 aromatic heterocycles. The van der Waals surface area contributed by atoms with Gasteiger partial charge in [-0.25, -0.2) is 4.79 Å². The van der Waals surface area contributed by atoms with Gasteiger partial charge in [-0.2, -0.15) is 0 Å². The Hall–Kier alpha value is -2.53. The van der Waals surface area contributed by atoms with Gasteiger partial charge in [-0.15, -0.1) is 0 Å². The molecule has 1 N–H and O–H groups in total. The lowest BCUT2D eigenvalue weighted by molar-refractivity contribution is 0.0951. The number of carbonyl (C=O) groups is 1. The number of nitrogens with zero attached hydrogens (tertiary/aromatic N) is 1. The van der Waals surface area contributed by atoms with E-state index in [1.165, 1.54) is 4.57 Å². The van der Waals surface area contributed by atoms with E-state index in [1.54, 1.807) is 24.3 Å². The molecule has 0 aliphatic heterocycles. The predicted octanol–water partition coefficient (Wildman–Crippen LogP) is 3.20. The third-order valence-corrected chi connectivity index (χ3v) is 4.01. The number of rotatable bonds is 4. The third kappa shape index (κ3) is 3.00. The van der Waals surface area contributed by atoms with Gasteiger partial charge in [0, 0.05) is 23.7 Å². The molecule has 1 amide bonds. The first-order chi connectivity index (χ1) is 11.1. The Morgan fingerprint density at radius 2 is 2.04 bits per heavy atom. The van der Waals surface area contributed by atoms with E-state index in [2.05, 4.69) is 5.32 Å². The van der Waals surface area contributed by atoms with Gasteiger partial charge in [-0.3, -0.25) is 9.36 Å². The molecule has 0 spiro atoms. The van der Waals surface area contributed by atoms with Crippen LogP contribution in [-0.4, -0.2) is 10.5 Å². The summed E-state index contributed by atoms with van der Waals surface area (Å²) in [6.07, 6.45) is 0. The van der Waals surface area contributed by atoms with Crippen molar-refractivity contribution in [2.24, 2.45) is 0 Å². The van der Waals surface area contributed by atoms with Gasteiger partial charge in [-0.05, 0) is 36.8 Å². The highest BCUT2D eigenvalue weighted by atomic mass is 35.5. The zero-order valence-corrected chi connectivity index (χ0v) is 13.3. The molecule has 0 radical (unpaired) electrons. The molecule has 118 valence electrons. The number of hydrogen-bond donors (Lipinski definition) is 1. The highest BCUT2D eigenvalue weighted by Crippen LogP contribution is 2.17. The largest absolute Gasteiger partial charge is 0.419 e. The molecule has 0 aliphatic rings. The molecule has 0 atom stereocenters. The Balaban J connectivity index is 1.83. The third-order valence-electron chi connectivity index (χ3n) is 3.64. The minimum atomic E-state index is -0.420. The second kappa shape index (κ2) is 6.30. The number of aryl methyl sites for hydroxylation is 1. The van der Waals surface area contributed by atoms with Crippen molar-refractivity contribution in [2.45, 2.75) is 20.0 Å². The fraction of sp³-hybridized carbons (Fsp3) is 0.176. The summed E-state index contributed by atoms with van der Waals surface area (Å²) in [7, 11) is 0. The van der Waals surface area contributed by atoms with E-state index >= 15 is 0 Å². The quantitative estimate of drug-likeness (QED) is 0.799. The average molecular weight is 331 g/mol. The van der Waals surface area contributed by atoms with Gasteiger partial charge in [0.25, 0.3) is 5.91 Å². The molecule has 0 unspecified atom stereocenters. The van der Waals surface area contributed by atoms with Crippen LogP contribution in [0.25, 0.3) is 11.1 Å². The summed E-state index contributed by atoms with van der Waals surface area (Å²) in [5.74, 6) is -0.653. The van der Waals surface area contributed by atoms with Gasteiger partial charge < -0.3 is 9.73 Å². The Labute approximate surface area is 137 Å². The van der Waals surface area contributed by atoms with Crippen molar-refractivity contribution >= 4 is 28.6 Å². The van der Waals surface area contributed by atoms with Crippen molar-refractivity contribution in [2.75, 3.05) is 0 Å². The lowest BCUT2D eigenvalue weighted by atomic mass is 10.1. The van der Waals surface area contributed by atoms with Crippen LogP contribution in [0.4, 0.5) is 0 Å². The van der Waals surface area contributed by atoms with Crippen molar-refractivity contribution in [1.29, 1.82) is 0 Å². The lowest BCUT2D eigenvalue weighted by Gasteiger charge is -2.07. The normalized spacial score (nSPS) is 10.9. The second-order valence-electron chi connectivity index (χ2n) is 5.07. The van der Waals surface area contributed by atoms with Crippen LogP contribution < -0.4 is 11.1 Å². The minimum absolute atomic E-state index is 0.233. The smallest absolute Gasteiger partial charge is 0.408 e. The van der Waals surface area contributed by atoms with Gasteiger partial charge in [0.05, 0.1) is 5.52 Å². The number of nitrogens with one attached hydrogen (secondary N) is 1. The van der Waals surface area contributed by atoms with E-state index in [4.69, 9.17) is 16.0 Å². The minimum Gasteiger partial charge on any atom is -0.408 e. The summed E-state index contributed by atoms with van der Waals surface area (Å²) in [5.41, 5.74) is 2.40. The monoisotopic (exact) mass is 330 g/mol. The first kappa shape index (κ1) is 15.4. The first-order valence-electron chi connectivity index (χ1n) is 7.25. The molecule has 1 heterocycles. The fourth-order valence-electron chi connectivity index (χ4n) is 2.42. The molecular formula is C17H15ClN2O3. The maximum absolute atomic E-state index is 12.3. The molecule has 6 heteroatoms. The number of halogens is 1. The van der Waals surface area contributed by atoms with Crippen molar-refractivity contribution in [1.82, 2.24) is 9.88 Å². The predicted molar refractivity (Wildman–Crippen MR) is 88.8 cm³/mol. The van der Waals surface area contributed by atoms with Gasteiger partial charge in [-0.1, -0.05) is 29.8 Å². The molecule has 0 fully saturated rings. The van der Waals surface area contributed by atoms with E-state index in [0.29, 0.717) is 34.8 Å². The second-order valence-corrected chi connectivity index (χ2v) is 5.48. The molecule has 3 aromatic rings. The lowest BCUT2D eigenvalue weighted by Crippen LogP contribution is -2.23. The van der Waals surface area contributed by atoms with Crippen LogP contribution in [0.15, 0.2) is 51.7 Å². The van der Waals surface area contributed by atoms with Crippen LogP contribution in [0, 0.1) is 0 Å². The van der Waals surface area contributed by atoms with Crippen molar-refractivity contribution in [3.8, 4) is 0 Å². The summed E-state index contributed by atoms with van der Waals surface area (Å²) in [6, 6.07) is 12.3. The van der Waals surface area contributed by atoms with Crippen LogP contribution in [0.1, 0.15) is 22.8 Å². The molecule has 0 aliphatic carbocycles. The van der Waals surface area contributed by atoms with E-state index < -0.39 is 5.76 Å². The Morgan fingerprint density at radius 3 is 2.78 bits per heavy atom. The molecule has 23 heavy (non-hydrogen) atoms. The Kier molecular flexibility index (Phi) is 4.21. The molecule has 3 rings (SSSR count). The molecule has 0 saturated heterocycles. The number of amides is 1. The van der Waals surface area contributed by atoms with Gasteiger partial charge in [0.1, 0.15) is 0 Å². The van der Waals surface area contributed by atoms with Crippen LogP contribution in [-0.2, 0) is 13.1 Å². The Morgan fingerprint density at radius 1 is 1.26 bits per heavy atom. The van der Waals surface area contributed by atoms with Crippen molar-refractivity contribution < 1.29 is 9.21 Å². The number of benzene rings is 2. The van der Waals surface area contributed by atoms with Crippen LogP contribution in [0.2, 0.25) is 5.02 Å². The summed E-state index contributed by atoms with van der Waals surface area (Å²) in [4.78, 5) is 24.0. The maximum Gasteiger partial charge on any atom is 0.419 e. The van der Waals surface area contributed by atoms with Gasteiger partial charge in [0.15, 0.2) is 5.58 Å². The van der Waals surface area contributed by atoms with Crippen molar-refractivity contribution in [3.63, 3.8) is 0 Å².